The molecule has 5 aromatic rings. The standard InChI is InChI=1S/C22H12BrF2N3/c23-14-6-8-16(9-7-14)28-22-17-10-15(24)11-19(25)21(17)26-12-18(22)20(27-28)13-4-2-1-3-5-13/h1-12H. The maximum absolute atomic E-state index is 14.4. The van der Waals surface area contributed by atoms with E-state index in [1.54, 1.807) is 10.9 Å². The number of hydrogen-bond donors (Lipinski definition) is 0. The molecule has 2 aromatic heterocycles. The first kappa shape index (κ1) is 17.0. The summed E-state index contributed by atoms with van der Waals surface area (Å²) in [7, 11) is 0. The van der Waals surface area contributed by atoms with Crippen molar-refractivity contribution in [3.05, 3.63) is 89.0 Å². The summed E-state index contributed by atoms with van der Waals surface area (Å²) in [6.45, 7) is 0. The lowest BCUT2D eigenvalue weighted by atomic mass is 10.1. The fraction of sp³-hybridized carbons (Fsp3) is 0. The van der Waals surface area contributed by atoms with Crippen LogP contribution in [-0.4, -0.2) is 14.8 Å². The number of fused-ring (bicyclic) bond motifs is 3. The lowest BCUT2D eigenvalue weighted by Gasteiger charge is -2.07. The second-order valence-electron chi connectivity index (χ2n) is 6.41. The highest BCUT2D eigenvalue weighted by atomic mass is 79.9. The number of aromatic nitrogens is 3. The van der Waals surface area contributed by atoms with Crippen molar-refractivity contribution in [1.82, 2.24) is 14.8 Å². The molecular weight excluding hydrogens is 424 g/mol. The molecule has 0 aliphatic heterocycles. The molecule has 0 radical (unpaired) electrons. The number of hydrogen-bond acceptors (Lipinski definition) is 2. The lowest BCUT2D eigenvalue weighted by molar-refractivity contribution is 0.590. The summed E-state index contributed by atoms with van der Waals surface area (Å²) in [5.41, 5.74) is 3.13. The first-order chi connectivity index (χ1) is 13.6. The smallest absolute Gasteiger partial charge is 0.152 e. The molecule has 0 fully saturated rings. The molecular formula is C22H12BrF2N3. The molecule has 0 spiro atoms. The highest BCUT2D eigenvalue weighted by molar-refractivity contribution is 9.10. The molecule has 0 amide bonds. The molecule has 0 aliphatic carbocycles. The van der Waals surface area contributed by atoms with Crippen LogP contribution in [0.25, 0.3) is 38.8 Å². The average molecular weight is 436 g/mol. The van der Waals surface area contributed by atoms with Gasteiger partial charge in [0, 0.05) is 33.1 Å². The summed E-state index contributed by atoms with van der Waals surface area (Å²) < 4.78 is 31.0. The maximum atomic E-state index is 14.4. The van der Waals surface area contributed by atoms with Gasteiger partial charge in [0.05, 0.1) is 11.2 Å². The van der Waals surface area contributed by atoms with E-state index in [1.807, 2.05) is 54.6 Å². The van der Waals surface area contributed by atoms with E-state index >= 15 is 0 Å². The molecule has 0 bridgehead atoms. The fourth-order valence-corrected chi connectivity index (χ4v) is 3.66. The highest BCUT2D eigenvalue weighted by Crippen LogP contribution is 2.34. The van der Waals surface area contributed by atoms with E-state index in [1.165, 1.54) is 6.07 Å². The number of rotatable bonds is 2. The molecule has 0 unspecified atom stereocenters. The van der Waals surface area contributed by atoms with Crippen molar-refractivity contribution in [3.8, 4) is 16.9 Å². The Kier molecular flexibility index (Phi) is 3.94. The number of halogens is 3. The molecule has 6 heteroatoms. The van der Waals surface area contributed by atoms with Crippen LogP contribution in [0.2, 0.25) is 0 Å². The largest absolute Gasteiger partial charge is 0.252 e. The van der Waals surface area contributed by atoms with E-state index in [2.05, 4.69) is 20.9 Å². The third-order valence-electron chi connectivity index (χ3n) is 4.65. The van der Waals surface area contributed by atoms with Gasteiger partial charge < -0.3 is 0 Å². The van der Waals surface area contributed by atoms with Gasteiger partial charge in [-0.25, -0.2) is 13.5 Å². The van der Waals surface area contributed by atoms with Crippen LogP contribution >= 0.6 is 15.9 Å². The second kappa shape index (κ2) is 6.49. The van der Waals surface area contributed by atoms with Crippen LogP contribution in [0.4, 0.5) is 8.78 Å². The van der Waals surface area contributed by atoms with Crippen molar-refractivity contribution < 1.29 is 8.78 Å². The minimum atomic E-state index is -0.693. The summed E-state index contributed by atoms with van der Waals surface area (Å²) >= 11 is 3.43. The summed E-state index contributed by atoms with van der Waals surface area (Å²) in [5, 5.41) is 5.90. The molecule has 0 N–H and O–H groups in total. The van der Waals surface area contributed by atoms with Crippen molar-refractivity contribution in [1.29, 1.82) is 0 Å². The summed E-state index contributed by atoms with van der Waals surface area (Å²) in [6.07, 6.45) is 1.60. The van der Waals surface area contributed by atoms with E-state index in [9.17, 15) is 8.78 Å². The van der Waals surface area contributed by atoms with Gasteiger partial charge in [0.15, 0.2) is 5.82 Å². The molecule has 0 saturated heterocycles. The van der Waals surface area contributed by atoms with Gasteiger partial charge in [0.2, 0.25) is 0 Å². The molecule has 3 nitrogen and oxygen atoms in total. The Morgan fingerprint density at radius 1 is 0.857 bits per heavy atom. The Balaban J connectivity index is 1.94. The molecule has 5 rings (SSSR count). The first-order valence-corrected chi connectivity index (χ1v) is 9.39. The van der Waals surface area contributed by atoms with Crippen LogP contribution < -0.4 is 0 Å². The van der Waals surface area contributed by atoms with Crippen LogP contribution in [0.3, 0.4) is 0 Å². The number of nitrogens with zero attached hydrogens (tertiary/aromatic N) is 3. The number of benzene rings is 3. The Morgan fingerprint density at radius 3 is 2.36 bits per heavy atom. The van der Waals surface area contributed by atoms with Crippen LogP contribution in [-0.2, 0) is 0 Å². The van der Waals surface area contributed by atoms with Crippen LogP contribution in [0.1, 0.15) is 0 Å². The van der Waals surface area contributed by atoms with E-state index in [0.29, 0.717) is 16.6 Å². The molecule has 136 valence electrons. The van der Waals surface area contributed by atoms with Gasteiger partial charge in [-0.1, -0.05) is 46.3 Å². The molecule has 0 atom stereocenters. The first-order valence-electron chi connectivity index (χ1n) is 8.59. The van der Waals surface area contributed by atoms with Gasteiger partial charge in [0.1, 0.15) is 17.0 Å². The monoisotopic (exact) mass is 435 g/mol. The predicted molar refractivity (Wildman–Crippen MR) is 109 cm³/mol. The zero-order valence-corrected chi connectivity index (χ0v) is 16.0. The SMILES string of the molecule is Fc1cc(F)c2ncc3c(-c4ccccc4)nn(-c4ccc(Br)cc4)c3c2c1. The quantitative estimate of drug-likeness (QED) is 0.326. The van der Waals surface area contributed by atoms with Crippen molar-refractivity contribution in [2.75, 3.05) is 0 Å². The molecule has 2 heterocycles. The third kappa shape index (κ3) is 2.68. The Bertz CT molecular complexity index is 1330. The van der Waals surface area contributed by atoms with Gasteiger partial charge in [-0.2, -0.15) is 5.10 Å². The van der Waals surface area contributed by atoms with E-state index in [4.69, 9.17) is 5.10 Å². The van der Waals surface area contributed by atoms with Gasteiger partial charge >= 0.3 is 0 Å². The third-order valence-corrected chi connectivity index (χ3v) is 5.18. The Morgan fingerprint density at radius 2 is 1.61 bits per heavy atom. The zero-order chi connectivity index (χ0) is 19.3. The molecule has 0 saturated carbocycles. The fourth-order valence-electron chi connectivity index (χ4n) is 3.40. The van der Waals surface area contributed by atoms with Gasteiger partial charge in [0.25, 0.3) is 0 Å². The Labute approximate surface area is 167 Å². The van der Waals surface area contributed by atoms with Gasteiger partial charge in [-0.05, 0) is 30.3 Å². The second-order valence-corrected chi connectivity index (χ2v) is 7.32. The van der Waals surface area contributed by atoms with Crippen molar-refractivity contribution in [2.45, 2.75) is 0 Å². The topological polar surface area (TPSA) is 30.7 Å². The zero-order valence-electron chi connectivity index (χ0n) is 14.4. The average Bonchev–Trinajstić information content (AvgIpc) is 3.09. The maximum Gasteiger partial charge on any atom is 0.152 e. The molecule has 0 aliphatic rings. The van der Waals surface area contributed by atoms with Crippen molar-refractivity contribution >= 4 is 37.7 Å². The van der Waals surface area contributed by atoms with E-state index < -0.39 is 11.6 Å². The summed E-state index contributed by atoms with van der Waals surface area (Å²) in [6, 6.07) is 19.4. The highest BCUT2D eigenvalue weighted by Gasteiger charge is 2.19. The molecule has 28 heavy (non-hydrogen) atoms. The summed E-state index contributed by atoms with van der Waals surface area (Å²) in [5.74, 6) is -1.34. The van der Waals surface area contributed by atoms with Crippen LogP contribution in [0, 0.1) is 11.6 Å². The van der Waals surface area contributed by atoms with Crippen LogP contribution in [0.15, 0.2) is 77.4 Å². The Hall–Kier alpha value is -3.12. The normalized spacial score (nSPS) is 11.4. The van der Waals surface area contributed by atoms with Gasteiger partial charge in [-0.3, -0.25) is 4.98 Å². The number of pyridine rings is 1. The molecule has 3 aromatic carbocycles. The van der Waals surface area contributed by atoms with Crippen molar-refractivity contribution in [2.24, 2.45) is 0 Å². The van der Waals surface area contributed by atoms with Gasteiger partial charge in [-0.15, -0.1) is 0 Å². The van der Waals surface area contributed by atoms with Crippen LogP contribution in [0.5, 0.6) is 0 Å². The minimum absolute atomic E-state index is 0.117. The summed E-state index contributed by atoms with van der Waals surface area (Å²) in [4.78, 5) is 4.25. The van der Waals surface area contributed by atoms with E-state index in [0.717, 1.165) is 27.2 Å². The predicted octanol–water partition coefficient (Wildman–Crippen LogP) is 6.28. The minimum Gasteiger partial charge on any atom is -0.252 e. The lowest BCUT2D eigenvalue weighted by Crippen LogP contribution is -1.98. The van der Waals surface area contributed by atoms with Crippen molar-refractivity contribution in [3.63, 3.8) is 0 Å². The van der Waals surface area contributed by atoms with E-state index in [-0.39, 0.29) is 5.52 Å².